The summed E-state index contributed by atoms with van der Waals surface area (Å²) in [5.74, 6) is 2.47. The van der Waals surface area contributed by atoms with Crippen LogP contribution in [0.15, 0.2) is 24.3 Å². The summed E-state index contributed by atoms with van der Waals surface area (Å²) in [7, 11) is 0. The zero-order valence-electron chi connectivity index (χ0n) is 12.9. The molecule has 0 radical (unpaired) electrons. The quantitative estimate of drug-likeness (QED) is 0.905. The molecule has 0 aromatic heterocycles. The first-order valence-corrected chi connectivity index (χ1v) is 10.1. The van der Waals surface area contributed by atoms with Gasteiger partial charge in [-0.15, -0.1) is 23.5 Å². The molecule has 2 aliphatic heterocycles. The van der Waals surface area contributed by atoms with Crippen molar-refractivity contribution in [3.8, 4) is 0 Å². The number of benzene rings is 1. The van der Waals surface area contributed by atoms with Crippen LogP contribution in [-0.4, -0.2) is 36.2 Å². The standard InChI is InChI=1S/C17H23NO2S2/c1-12(15-4-2-9-20-15)18-16(19)13-5-7-14(8-6-13)17-21-10-3-11-22-17/h5-8,12,15,17H,2-4,9-11H2,1H3,(H,18,19). The number of hydrogen-bond donors (Lipinski definition) is 1. The molecule has 3 rings (SSSR count). The summed E-state index contributed by atoms with van der Waals surface area (Å²) in [6.45, 7) is 2.84. The maximum Gasteiger partial charge on any atom is 0.251 e. The van der Waals surface area contributed by atoms with Gasteiger partial charge in [-0.25, -0.2) is 0 Å². The summed E-state index contributed by atoms with van der Waals surface area (Å²) >= 11 is 4.01. The van der Waals surface area contributed by atoms with Gasteiger partial charge in [-0.05, 0) is 55.4 Å². The van der Waals surface area contributed by atoms with Crippen molar-refractivity contribution in [2.45, 2.75) is 42.9 Å². The smallest absolute Gasteiger partial charge is 0.251 e. The first kappa shape index (κ1) is 16.2. The molecule has 3 nitrogen and oxygen atoms in total. The van der Waals surface area contributed by atoms with Gasteiger partial charge in [0.2, 0.25) is 0 Å². The van der Waals surface area contributed by atoms with E-state index >= 15 is 0 Å². The number of thioether (sulfide) groups is 2. The van der Waals surface area contributed by atoms with Crippen molar-refractivity contribution in [2.75, 3.05) is 18.1 Å². The van der Waals surface area contributed by atoms with Crippen LogP contribution in [0.1, 0.15) is 46.7 Å². The van der Waals surface area contributed by atoms with Crippen LogP contribution in [-0.2, 0) is 4.74 Å². The van der Waals surface area contributed by atoms with Crippen LogP contribution in [0.5, 0.6) is 0 Å². The number of carbonyl (C=O) groups excluding carboxylic acids is 1. The lowest BCUT2D eigenvalue weighted by atomic mass is 10.1. The number of hydrogen-bond acceptors (Lipinski definition) is 4. The molecule has 1 aromatic carbocycles. The van der Waals surface area contributed by atoms with Crippen LogP contribution in [0.2, 0.25) is 0 Å². The third-order valence-corrected chi connectivity index (χ3v) is 7.17. The van der Waals surface area contributed by atoms with Crippen molar-refractivity contribution >= 4 is 29.4 Å². The van der Waals surface area contributed by atoms with Gasteiger partial charge in [0, 0.05) is 12.2 Å². The first-order valence-electron chi connectivity index (χ1n) is 7.99. The predicted octanol–water partition coefficient (Wildman–Crippen LogP) is 3.85. The van der Waals surface area contributed by atoms with Gasteiger partial charge < -0.3 is 10.1 Å². The Bertz CT molecular complexity index is 494. The lowest BCUT2D eigenvalue weighted by Gasteiger charge is -2.22. The van der Waals surface area contributed by atoms with Gasteiger partial charge in [0.25, 0.3) is 5.91 Å². The molecule has 0 aliphatic carbocycles. The number of nitrogens with one attached hydrogen (secondary N) is 1. The van der Waals surface area contributed by atoms with Crippen molar-refractivity contribution in [2.24, 2.45) is 0 Å². The zero-order valence-corrected chi connectivity index (χ0v) is 14.6. The van der Waals surface area contributed by atoms with E-state index < -0.39 is 0 Å². The lowest BCUT2D eigenvalue weighted by molar-refractivity contribution is 0.0712. The molecule has 1 aromatic rings. The van der Waals surface area contributed by atoms with Crippen molar-refractivity contribution < 1.29 is 9.53 Å². The number of carbonyl (C=O) groups is 1. The van der Waals surface area contributed by atoms with Gasteiger partial charge in [-0.2, -0.15) is 0 Å². The molecular weight excluding hydrogens is 314 g/mol. The molecule has 0 spiro atoms. The Hall–Kier alpha value is -0.650. The van der Waals surface area contributed by atoms with E-state index in [1.165, 1.54) is 23.5 Å². The van der Waals surface area contributed by atoms with Gasteiger partial charge in [0.05, 0.1) is 16.7 Å². The molecular formula is C17H23NO2S2. The van der Waals surface area contributed by atoms with Crippen molar-refractivity contribution in [1.82, 2.24) is 5.32 Å². The van der Waals surface area contributed by atoms with Gasteiger partial charge in [-0.3, -0.25) is 4.79 Å². The van der Waals surface area contributed by atoms with Crippen LogP contribution in [0.4, 0.5) is 0 Å². The van der Waals surface area contributed by atoms with E-state index in [2.05, 4.69) is 17.4 Å². The maximum absolute atomic E-state index is 12.3. The highest BCUT2D eigenvalue weighted by Gasteiger charge is 2.24. The number of rotatable bonds is 4. The maximum atomic E-state index is 12.3. The lowest BCUT2D eigenvalue weighted by Crippen LogP contribution is -2.40. The molecule has 2 fully saturated rings. The summed E-state index contributed by atoms with van der Waals surface area (Å²) in [5, 5.41) is 3.06. The van der Waals surface area contributed by atoms with E-state index in [4.69, 9.17) is 4.74 Å². The topological polar surface area (TPSA) is 38.3 Å². The molecule has 2 unspecified atom stereocenters. The van der Waals surface area contributed by atoms with E-state index in [0.29, 0.717) is 4.58 Å². The third kappa shape index (κ3) is 4.00. The third-order valence-electron chi connectivity index (χ3n) is 4.15. The Morgan fingerprint density at radius 3 is 2.59 bits per heavy atom. The minimum absolute atomic E-state index is 0.00139. The number of amides is 1. The highest BCUT2D eigenvalue weighted by atomic mass is 32.2. The molecule has 0 saturated carbocycles. The molecule has 120 valence electrons. The van der Waals surface area contributed by atoms with E-state index in [-0.39, 0.29) is 18.1 Å². The molecule has 0 bridgehead atoms. The second-order valence-corrected chi connectivity index (χ2v) is 8.59. The molecule has 22 heavy (non-hydrogen) atoms. The average Bonchev–Trinajstić information content (AvgIpc) is 3.10. The van der Waals surface area contributed by atoms with Crippen molar-refractivity contribution in [1.29, 1.82) is 0 Å². The summed E-state index contributed by atoms with van der Waals surface area (Å²) in [6, 6.07) is 8.16. The van der Waals surface area contributed by atoms with Gasteiger partial charge in [0.15, 0.2) is 0 Å². The Balaban J connectivity index is 1.58. The fraction of sp³-hybridized carbons (Fsp3) is 0.588. The van der Waals surface area contributed by atoms with Gasteiger partial charge >= 0.3 is 0 Å². The molecule has 1 amide bonds. The summed E-state index contributed by atoms with van der Waals surface area (Å²) < 4.78 is 6.15. The average molecular weight is 338 g/mol. The molecule has 2 saturated heterocycles. The largest absolute Gasteiger partial charge is 0.376 e. The molecule has 2 aliphatic rings. The molecule has 1 N–H and O–H groups in total. The van der Waals surface area contributed by atoms with E-state index in [9.17, 15) is 4.79 Å². The first-order chi connectivity index (χ1) is 10.7. The second kappa shape index (κ2) is 7.75. The Kier molecular flexibility index (Phi) is 5.71. The highest BCUT2D eigenvalue weighted by Crippen LogP contribution is 2.43. The van der Waals surface area contributed by atoms with Gasteiger partial charge in [0.1, 0.15) is 0 Å². The Morgan fingerprint density at radius 1 is 1.23 bits per heavy atom. The monoisotopic (exact) mass is 337 g/mol. The zero-order chi connectivity index (χ0) is 15.4. The van der Waals surface area contributed by atoms with Crippen LogP contribution in [0.25, 0.3) is 0 Å². The van der Waals surface area contributed by atoms with Crippen molar-refractivity contribution in [3.63, 3.8) is 0 Å². The molecule has 2 atom stereocenters. The Labute approximate surface area is 141 Å². The van der Waals surface area contributed by atoms with Crippen LogP contribution in [0, 0.1) is 0 Å². The summed E-state index contributed by atoms with van der Waals surface area (Å²) in [5.41, 5.74) is 2.05. The highest BCUT2D eigenvalue weighted by molar-refractivity contribution is 8.16. The SMILES string of the molecule is CC(NC(=O)c1ccc(C2SCCCS2)cc1)C1CCCO1. The van der Waals surface area contributed by atoms with E-state index in [0.717, 1.165) is 25.0 Å². The van der Waals surface area contributed by atoms with E-state index in [1.54, 1.807) is 0 Å². The van der Waals surface area contributed by atoms with Crippen LogP contribution in [0.3, 0.4) is 0 Å². The normalized spacial score (nSPS) is 24.1. The van der Waals surface area contributed by atoms with Gasteiger partial charge in [-0.1, -0.05) is 12.1 Å². The number of ether oxygens (including phenoxy) is 1. The van der Waals surface area contributed by atoms with Crippen LogP contribution < -0.4 is 5.32 Å². The molecule has 5 heteroatoms. The van der Waals surface area contributed by atoms with E-state index in [1.807, 2.05) is 42.6 Å². The summed E-state index contributed by atoms with van der Waals surface area (Å²) in [6.07, 6.45) is 3.60. The minimum Gasteiger partial charge on any atom is -0.376 e. The Morgan fingerprint density at radius 2 is 1.95 bits per heavy atom. The van der Waals surface area contributed by atoms with Crippen LogP contribution >= 0.6 is 23.5 Å². The predicted molar refractivity (Wildman–Crippen MR) is 94.6 cm³/mol. The minimum atomic E-state index is -0.00139. The second-order valence-electron chi connectivity index (χ2n) is 5.86. The summed E-state index contributed by atoms with van der Waals surface area (Å²) in [4.78, 5) is 12.3. The fourth-order valence-electron chi connectivity index (χ4n) is 2.85. The molecule has 2 heterocycles. The fourth-order valence-corrected chi connectivity index (χ4v) is 5.75. The van der Waals surface area contributed by atoms with Crippen molar-refractivity contribution in [3.05, 3.63) is 35.4 Å².